The summed E-state index contributed by atoms with van der Waals surface area (Å²) in [5.74, 6) is 0.798. The van der Waals surface area contributed by atoms with Crippen molar-refractivity contribution in [1.29, 1.82) is 0 Å². The number of nitrogens with zero attached hydrogens (tertiary/aromatic N) is 1. The normalized spacial score (nSPS) is 12.5. The Bertz CT molecular complexity index is 773. The molecule has 1 heterocycles. The number of fused-ring (bicyclic) bond motifs is 1. The quantitative estimate of drug-likeness (QED) is 0.587. The second-order valence-electron chi connectivity index (χ2n) is 4.90. The number of phenolic OH excluding ortho intramolecular Hbond substituents is 2. The van der Waals surface area contributed by atoms with Crippen LogP contribution in [0.15, 0.2) is 41.5 Å². The van der Waals surface area contributed by atoms with Crippen molar-refractivity contribution in [2.75, 3.05) is 6.79 Å². The Labute approximate surface area is 131 Å². The molecule has 23 heavy (non-hydrogen) atoms. The lowest BCUT2D eigenvalue weighted by Gasteiger charge is -2.03. The number of carbonyl (C=O) groups excluding carboxylic acids is 1. The number of nitrogens with one attached hydrogen (secondary N) is 1. The van der Waals surface area contributed by atoms with E-state index in [4.69, 9.17) is 9.47 Å². The molecular formula is C16H14N2O5. The van der Waals surface area contributed by atoms with Gasteiger partial charge >= 0.3 is 0 Å². The van der Waals surface area contributed by atoms with Gasteiger partial charge in [0.25, 0.3) is 0 Å². The number of hydrogen-bond donors (Lipinski definition) is 3. The largest absolute Gasteiger partial charge is 0.508 e. The number of aromatic hydroxyl groups is 2. The molecule has 0 unspecified atom stereocenters. The van der Waals surface area contributed by atoms with Crippen molar-refractivity contribution in [1.82, 2.24) is 5.43 Å². The van der Waals surface area contributed by atoms with Gasteiger partial charge in [-0.2, -0.15) is 5.10 Å². The molecule has 0 atom stereocenters. The Morgan fingerprint density at radius 2 is 2.00 bits per heavy atom. The van der Waals surface area contributed by atoms with E-state index in [9.17, 15) is 15.0 Å². The number of amides is 1. The highest BCUT2D eigenvalue weighted by Gasteiger charge is 2.14. The van der Waals surface area contributed by atoms with Crippen LogP contribution in [0.5, 0.6) is 23.0 Å². The van der Waals surface area contributed by atoms with E-state index in [-0.39, 0.29) is 30.6 Å². The number of benzene rings is 2. The van der Waals surface area contributed by atoms with Crippen molar-refractivity contribution in [3.05, 3.63) is 47.5 Å². The van der Waals surface area contributed by atoms with E-state index in [2.05, 4.69) is 10.5 Å². The van der Waals surface area contributed by atoms with Gasteiger partial charge in [-0.1, -0.05) is 6.07 Å². The Kier molecular flexibility index (Phi) is 4.01. The molecule has 1 aliphatic heterocycles. The van der Waals surface area contributed by atoms with Crippen LogP contribution in [0, 0.1) is 0 Å². The van der Waals surface area contributed by atoms with Gasteiger partial charge in [0, 0.05) is 11.6 Å². The second-order valence-corrected chi connectivity index (χ2v) is 4.90. The highest BCUT2D eigenvalue weighted by Crippen LogP contribution is 2.32. The summed E-state index contributed by atoms with van der Waals surface area (Å²) in [6.45, 7) is 0.186. The zero-order valence-corrected chi connectivity index (χ0v) is 12.0. The molecule has 0 radical (unpaired) electrons. The van der Waals surface area contributed by atoms with Crippen LogP contribution in [0.3, 0.4) is 0 Å². The van der Waals surface area contributed by atoms with E-state index in [1.54, 1.807) is 18.2 Å². The summed E-state index contributed by atoms with van der Waals surface area (Å²) in [6.07, 6.45) is 1.43. The van der Waals surface area contributed by atoms with E-state index in [0.717, 1.165) is 5.56 Å². The number of hydrazone groups is 1. The molecule has 1 amide bonds. The van der Waals surface area contributed by atoms with Crippen LogP contribution >= 0.6 is 0 Å². The van der Waals surface area contributed by atoms with Gasteiger partial charge in [-0.15, -0.1) is 0 Å². The minimum Gasteiger partial charge on any atom is -0.508 e. The summed E-state index contributed by atoms with van der Waals surface area (Å²) in [5, 5.41) is 22.6. The highest BCUT2D eigenvalue weighted by atomic mass is 16.7. The lowest BCUT2D eigenvalue weighted by atomic mass is 10.1. The van der Waals surface area contributed by atoms with Crippen LogP contribution in [-0.4, -0.2) is 29.1 Å². The summed E-state index contributed by atoms with van der Waals surface area (Å²) in [5.41, 5.74) is 3.53. The van der Waals surface area contributed by atoms with Gasteiger partial charge in [0.2, 0.25) is 12.7 Å². The Hall–Kier alpha value is -3.22. The predicted molar refractivity (Wildman–Crippen MR) is 81.8 cm³/mol. The summed E-state index contributed by atoms with van der Waals surface area (Å²) < 4.78 is 10.5. The first-order valence-electron chi connectivity index (χ1n) is 6.84. The van der Waals surface area contributed by atoms with Gasteiger partial charge in [-0.05, 0) is 29.8 Å². The Balaban J connectivity index is 1.58. The summed E-state index contributed by atoms with van der Waals surface area (Å²) in [6, 6.07) is 9.37. The highest BCUT2D eigenvalue weighted by molar-refractivity contribution is 5.85. The number of ether oxygens (including phenoxy) is 2. The summed E-state index contributed by atoms with van der Waals surface area (Å²) in [7, 11) is 0. The predicted octanol–water partition coefficient (Wildman–Crippen LogP) is 1.52. The van der Waals surface area contributed by atoms with E-state index in [1.165, 1.54) is 24.4 Å². The molecule has 0 aliphatic carbocycles. The van der Waals surface area contributed by atoms with Gasteiger partial charge in [-0.25, -0.2) is 5.43 Å². The van der Waals surface area contributed by atoms with E-state index in [0.29, 0.717) is 17.1 Å². The smallest absolute Gasteiger partial charge is 0.244 e. The third kappa shape index (κ3) is 3.52. The zero-order valence-electron chi connectivity index (χ0n) is 12.0. The van der Waals surface area contributed by atoms with Gasteiger partial charge < -0.3 is 19.7 Å². The average Bonchev–Trinajstić information content (AvgIpc) is 2.97. The Morgan fingerprint density at radius 3 is 2.83 bits per heavy atom. The fourth-order valence-corrected chi connectivity index (χ4v) is 2.09. The topological polar surface area (TPSA) is 100 Å². The molecular weight excluding hydrogens is 300 g/mol. The Morgan fingerprint density at radius 1 is 1.17 bits per heavy atom. The molecule has 0 bridgehead atoms. The fourth-order valence-electron chi connectivity index (χ4n) is 2.09. The van der Waals surface area contributed by atoms with Crippen LogP contribution in [0.1, 0.15) is 11.1 Å². The SMILES string of the molecule is O=C(Cc1ccc2c(c1)OCO2)N/N=C\c1ccc(O)cc1O. The van der Waals surface area contributed by atoms with Crippen LogP contribution in [0.4, 0.5) is 0 Å². The number of rotatable bonds is 4. The van der Waals surface area contributed by atoms with Crippen LogP contribution in [0.2, 0.25) is 0 Å². The monoisotopic (exact) mass is 314 g/mol. The average molecular weight is 314 g/mol. The van der Waals surface area contributed by atoms with E-state index >= 15 is 0 Å². The minimum atomic E-state index is -0.307. The molecule has 2 aromatic rings. The third-order valence-corrected chi connectivity index (χ3v) is 3.21. The summed E-state index contributed by atoms with van der Waals surface area (Å²) >= 11 is 0. The van der Waals surface area contributed by atoms with Gasteiger partial charge in [0.05, 0.1) is 12.6 Å². The number of phenols is 2. The number of carbonyl (C=O) groups is 1. The third-order valence-electron chi connectivity index (χ3n) is 3.21. The zero-order chi connectivity index (χ0) is 16.2. The van der Waals surface area contributed by atoms with Gasteiger partial charge in [0.1, 0.15) is 11.5 Å². The molecule has 3 N–H and O–H groups in total. The lowest BCUT2D eigenvalue weighted by molar-refractivity contribution is -0.120. The van der Waals surface area contributed by atoms with Crippen LogP contribution in [0.25, 0.3) is 0 Å². The van der Waals surface area contributed by atoms with Crippen LogP contribution < -0.4 is 14.9 Å². The van der Waals surface area contributed by atoms with Crippen molar-refractivity contribution < 1.29 is 24.5 Å². The van der Waals surface area contributed by atoms with Gasteiger partial charge in [0.15, 0.2) is 11.5 Å². The minimum absolute atomic E-state index is 0.0495. The molecule has 7 heteroatoms. The molecule has 2 aromatic carbocycles. The fraction of sp³-hybridized carbons (Fsp3) is 0.125. The van der Waals surface area contributed by atoms with E-state index in [1.807, 2.05) is 0 Å². The maximum Gasteiger partial charge on any atom is 0.244 e. The molecule has 0 aromatic heterocycles. The molecule has 0 saturated heterocycles. The molecule has 7 nitrogen and oxygen atoms in total. The van der Waals surface area contributed by atoms with Crippen molar-refractivity contribution in [3.8, 4) is 23.0 Å². The first-order valence-corrected chi connectivity index (χ1v) is 6.84. The first-order chi connectivity index (χ1) is 11.1. The maximum atomic E-state index is 11.8. The maximum absolute atomic E-state index is 11.8. The van der Waals surface area contributed by atoms with Crippen molar-refractivity contribution in [3.63, 3.8) is 0 Å². The standard InChI is InChI=1S/C16H14N2O5/c19-12-3-2-11(13(20)7-12)8-17-18-16(21)6-10-1-4-14-15(5-10)23-9-22-14/h1-5,7-8,19-20H,6,9H2,(H,18,21)/b17-8-. The van der Waals surface area contributed by atoms with Crippen molar-refractivity contribution >= 4 is 12.1 Å². The lowest BCUT2D eigenvalue weighted by Crippen LogP contribution is -2.19. The summed E-state index contributed by atoms with van der Waals surface area (Å²) in [4.78, 5) is 11.8. The molecule has 0 fully saturated rings. The molecule has 3 rings (SSSR count). The van der Waals surface area contributed by atoms with Gasteiger partial charge in [-0.3, -0.25) is 4.79 Å². The second kappa shape index (κ2) is 6.27. The van der Waals surface area contributed by atoms with Crippen molar-refractivity contribution in [2.24, 2.45) is 5.10 Å². The van der Waals surface area contributed by atoms with Crippen LogP contribution in [-0.2, 0) is 11.2 Å². The molecule has 0 saturated carbocycles. The molecule has 0 spiro atoms. The van der Waals surface area contributed by atoms with Crippen molar-refractivity contribution in [2.45, 2.75) is 6.42 Å². The molecule has 1 aliphatic rings. The van der Waals surface area contributed by atoms with E-state index < -0.39 is 0 Å². The molecule has 118 valence electrons. The first kappa shape index (κ1) is 14.7. The number of hydrogen-bond acceptors (Lipinski definition) is 6.